The molecular weight excluding hydrogens is 258 g/mol. The van der Waals surface area contributed by atoms with Crippen LogP contribution in [-0.4, -0.2) is 47.0 Å². The highest BCUT2D eigenvalue weighted by atomic mass is 16.5. The van der Waals surface area contributed by atoms with E-state index >= 15 is 0 Å². The van der Waals surface area contributed by atoms with Crippen LogP contribution in [0.5, 0.6) is 0 Å². The summed E-state index contributed by atoms with van der Waals surface area (Å²) < 4.78 is 6.87. The summed E-state index contributed by atoms with van der Waals surface area (Å²) in [7, 11) is 3.47. The Morgan fingerprint density at radius 3 is 2.75 bits per heavy atom. The maximum Gasteiger partial charge on any atom is 0.279 e. The van der Waals surface area contributed by atoms with Crippen LogP contribution < -0.4 is 4.90 Å². The number of nitrogens with zero attached hydrogens (tertiary/aromatic N) is 4. The van der Waals surface area contributed by atoms with E-state index in [0.29, 0.717) is 23.9 Å². The highest BCUT2D eigenvalue weighted by molar-refractivity contribution is 6.01. The molecule has 1 N–H and O–H groups in total. The molecule has 2 rings (SSSR count). The standard InChI is InChI=1S/C13H19N5O2/c1-6-20-11(14)8(2)18-7-15-12-10(18)13(19)17(5)9(3)16(12)4/h7-8,14H,3,6H2,1-2,4-5H3. The van der Waals surface area contributed by atoms with Gasteiger partial charge in [-0.25, -0.2) is 4.98 Å². The van der Waals surface area contributed by atoms with E-state index in [-0.39, 0.29) is 17.8 Å². The van der Waals surface area contributed by atoms with Gasteiger partial charge in [-0.1, -0.05) is 6.58 Å². The van der Waals surface area contributed by atoms with E-state index in [4.69, 9.17) is 10.1 Å². The number of amides is 1. The average Bonchev–Trinajstić information content (AvgIpc) is 2.87. The minimum Gasteiger partial charge on any atom is -0.480 e. The van der Waals surface area contributed by atoms with Crippen molar-refractivity contribution in [1.82, 2.24) is 14.5 Å². The first kappa shape index (κ1) is 14.1. The van der Waals surface area contributed by atoms with Crippen molar-refractivity contribution in [3.8, 4) is 0 Å². The van der Waals surface area contributed by atoms with Gasteiger partial charge in [0.2, 0.25) is 5.90 Å². The Morgan fingerprint density at radius 2 is 2.15 bits per heavy atom. The Hall–Kier alpha value is -2.31. The number of carbonyl (C=O) groups is 1. The normalized spacial score (nSPS) is 16.2. The summed E-state index contributed by atoms with van der Waals surface area (Å²) in [4.78, 5) is 19.9. The molecule has 7 heteroatoms. The topological polar surface area (TPSA) is 74.5 Å². The van der Waals surface area contributed by atoms with Gasteiger partial charge in [0.15, 0.2) is 11.5 Å². The van der Waals surface area contributed by atoms with Crippen LogP contribution in [0.4, 0.5) is 5.82 Å². The van der Waals surface area contributed by atoms with Gasteiger partial charge < -0.3 is 14.2 Å². The molecule has 0 aliphatic carbocycles. The van der Waals surface area contributed by atoms with E-state index in [1.54, 1.807) is 36.8 Å². The van der Waals surface area contributed by atoms with Gasteiger partial charge in [0.25, 0.3) is 5.91 Å². The number of aromatic nitrogens is 2. The zero-order chi connectivity index (χ0) is 15.0. The second-order valence-corrected chi connectivity index (χ2v) is 4.64. The van der Waals surface area contributed by atoms with E-state index in [0.717, 1.165) is 0 Å². The Labute approximate surface area is 118 Å². The van der Waals surface area contributed by atoms with Crippen molar-refractivity contribution in [3.63, 3.8) is 0 Å². The molecule has 0 aromatic carbocycles. The predicted octanol–water partition coefficient (Wildman–Crippen LogP) is 1.45. The number of hydrogen-bond acceptors (Lipinski definition) is 5. The van der Waals surface area contributed by atoms with Crippen molar-refractivity contribution in [2.75, 3.05) is 25.6 Å². The molecule has 1 aliphatic heterocycles. The van der Waals surface area contributed by atoms with Gasteiger partial charge in [-0.3, -0.25) is 15.1 Å². The summed E-state index contributed by atoms with van der Waals surface area (Å²) in [6.07, 6.45) is 1.56. The summed E-state index contributed by atoms with van der Waals surface area (Å²) in [6, 6.07) is -0.386. The van der Waals surface area contributed by atoms with Crippen molar-refractivity contribution >= 4 is 17.6 Å². The zero-order valence-corrected chi connectivity index (χ0v) is 12.2. The molecule has 20 heavy (non-hydrogen) atoms. The van der Waals surface area contributed by atoms with E-state index in [2.05, 4.69) is 11.6 Å². The van der Waals surface area contributed by atoms with Crippen LogP contribution in [0.15, 0.2) is 18.7 Å². The average molecular weight is 277 g/mol. The maximum atomic E-state index is 12.4. The Balaban J connectivity index is 2.46. The summed E-state index contributed by atoms with van der Waals surface area (Å²) in [5, 5.41) is 7.87. The molecule has 1 amide bonds. The lowest BCUT2D eigenvalue weighted by Crippen LogP contribution is -2.41. The van der Waals surface area contributed by atoms with Crippen molar-refractivity contribution in [2.45, 2.75) is 19.9 Å². The van der Waals surface area contributed by atoms with E-state index in [1.165, 1.54) is 4.90 Å². The molecular formula is C13H19N5O2. The first-order chi connectivity index (χ1) is 9.40. The highest BCUT2D eigenvalue weighted by Crippen LogP contribution is 2.30. The first-order valence-electron chi connectivity index (χ1n) is 6.38. The molecule has 0 fully saturated rings. The summed E-state index contributed by atoms with van der Waals surface area (Å²) >= 11 is 0. The molecule has 1 aromatic heterocycles. The minimum absolute atomic E-state index is 0.107. The van der Waals surface area contributed by atoms with Crippen molar-refractivity contribution in [2.24, 2.45) is 0 Å². The number of nitrogens with one attached hydrogen (secondary N) is 1. The molecule has 0 radical (unpaired) electrons. The third-order valence-corrected chi connectivity index (χ3v) is 3.47. The molecule has 0 bridgehead atoms. The van der Waals surface area contributed by atoms with Crippen molar-refractivity contribution in [1.29, 1.82) is 5.41 Å². The first-order valence-corrected chi connectivity index (χ1v) is 6.38. The molecule has 0 saturated heterocycles. The number of anilines is 1. The zero-order valence-electron chi connectivity index (χ0n) is 12.2. The summed E-state index contributed by atoms with van der Waals surface area (Å²) in [6.45, 7) is 7.90. The van der Waals surface area contributed by atoms with Crippen LogP contribution >= 0.6 is 0 Å². The second kappa shape index (κ2) is 4.99. The Morgan fingerprint density at radius 1 is 1.50 bits per heavy atom. The molecule has 1 atom stereocenters. The fourth-order valence-corrected chi connectivity index (χ4v) is 2.12. The number of rotatable bonds is 3. The third kappa shape index (κ3) is 1.95. The monoisotopic (exact) mass is 277 g/mol. The van der Waals surface area contributed by atoms with Crippen LogP contribution in [0.1, 0.15) is 30.4 Å². The van der Waals surface area contributed by atoms with Gasteiger partial charge in [0.05, 0.1) is 12.9 Å². The van der Waals surface area contributed by atoms with Crippen LogP contribution in [0, 0.1) is 5.41 Å². The van der Waals surface area contributed by atoms with Gasteiger partial charge in [-0.15, -0.1) is 0 Å². The van der Waals surface area contributed by atoms with Crippen molar-refractivity contribution < 1.29 is 9.53 Å². The number of imidazole rings is 1. The molecule has 0 spiro atoms. The Kier molecular flexibility index (Phi) is 3.52. The predicted molar refractivity (Wildman–Crippen MR) is 75.9 cm³/mol. The van der Waals surface area contributed by atoms with Gasteiger partial charge in [-0.2, -0.15) is 0 Å². The fraction of sp³-hybridized carbons (Fsp3) is 0.462. The van der Waals surface area contributed by atoms with Crippen LogP contribution in [0.3, 0.4) is 0 Å². The minimum atomic E-state index is -0.386. The summed E-state index contributed by atoms with van der Waals surface area (Å²) in [5.41, 5.74) is 0.444. The van der Waals surface area contributed by atoms with E-state index in [1.807, 2.05) is 6.92 Å². The SMILES string of the molecule is C=C1N(C)C(=O)c2c(ncn2C(C)C(=N)OCC)N1C. The number of hydrogen-bond donors (Lipinski definition) is 1. The van der Waals surface area contributed by atoms with Crippen LogP contribution in [0.25, 0.3) is 0 Å². The Bertz CT molecular complexity index is 577. The van der Waals surface area contributed by atoms with E-state index < -0.39 is 0 Å². The summed E-state index contributed by atoms with van der Waals surface area (Å²) in [5.74, 6) is 1.04. The van der Waals surface area contributed by atoms with Crippen molar-refractivity contribution in [3.05, 3.63) is 24.4 Å². The number of carbonyl (C=O) groups excluding carboxylic acids is 1. The van der Waals surface area contributed by atoms with E-state index in [9.17, 15) is 4.79 Å². The molecule has 108 valence electrons. The quantitative estimate of drug-likeness (QED) is 0.670. The largest absolute Gasteiger partial charge is 0.480 e. The molecule has 1 unspecified atom stereocenters. The van der Waals surface area contributed by atoms with Gasteiger partial charge >= 0.3 is 0 Å². The molecule has 0 saturated carbocycles. The second-order valence-electron chi connectivity index (χ2n) is 4.64. The molecule has 2 heterocycles. The van der Waals surface area contributed by atoms with Gasteiger partial charge in [-0.05, 0) is 13.8 Å². The lowest BCUT2D eigenvalue weighted by atomic mass is 10.2. The molecule has 1 aromatic rings. The maximum absolute atomic E-state index is 12.4. The van der Waals surface area contributed by atoms with Gasteiger partial charge in [0, 0.05) is 14.1 Å². The molecule has 7 nitrogen and oxygen atoms in total. The smallest absolute Gasteiger partial charge is 0.279 e. The third-order valence-electron chi connectivity index (χ3n) is 3.47. The fourth-order valence-electron chi connectivity index (χ4n) is 2.12. The van der Waals surface area contributed by atoms with Crippen LogP contribution in [0.2, 0.25) is 0 Å². The number of ether oxygens (including phenoxy) is 1. The van der Waals surface area contributed by atoms with Crippen LogP contribution in [-0.2, 0) is 4.74 Å². The lowest BCUT2D eigenvalue weighted by Gasteiger charge is -2.33. The number of fused-ring (bicyclic) bond motifs is 1. The lowest BCUT2D eigenvalue weighted by molar-refractivity contribution is 0.0814. The highest BCUT2D eigenvalue weighted by Gasteiger charge is 2.34. The molecule has 1 aliphatic rings. The van der Waals surface area contributed by atoms with Gasteiger partial charge in [0.1, 0.15) is 11.9 Å².